The van der Waals surface area contributed by atoms with Gasteiger partial charge < -0.3 is 4.74 Å². The standard InChI is InChI=1S/C18H24F2O2/c1-13-4-7-15(8-5-13)18(19,20)22-16-9-6-14(12-21)10-17(2,3)11-16/h6,9-13,15H,4-5,7-8H2,1-3H3. The molecule has 22 heavy (non-hydrogen) atoms. The zero-order chi connectivity index (χ0) is 16.4. The zero-order valence-corrected chi connectivity index (χ0v) is 13.4. The minimum atomic E-state index is -3.17. The van der Waals surface area contributed by atoms with Gasteiger partial charge in [-0.1, -0.05) is 39.7 Å². The minimum Gasteiger partial charge on any atom is -0.433 e. The van der Waals surface area contributed by atoms with Gasteiger partial charge in [0.25, 0.3) is 0 Å². The molecular weight excluding hydrogens is 286 g/mol. The highest BCUT2D eigenvalue weighted by atomic mass is 19.3. The molecule has 2 rings (SSSR count). The predicted octanol–water partition coefficient (Wildman–Crippen LogP) is 5.03. The number of carbonyl (C=O) groups excluding carboxylic acids is 1. The van der Waals surface area contributed by atoms with Crippen LogP contribution in [0.2, 0.25) is 0 Å². The first-order valence-corrected chi connectivity index (χ1v) is 7.87. The summed E-state index contributed by atoms with van der Waals surface area (Å²) in [6.07, 6.45) is 6.53. The summed E-state index contributed by atoms with van der Waals surface area (Å²) >= 11 is 0. The molecule has 0 bridgehead atoms. The molecule has 0 unspecified atom stereocenters. The number of ether oxygens (including phenoxy) is 1. The molecule has 2 nitrogen and oxygen atoms in total. The third kappa shape index (κ3) is 4.28. The second-order valence-corrected chi connectivity index (χ2v) is 7.08. The van der Waals surface area contributed by atoms with Crippen LogP contribution >= 0.6 is 0 Å². The fourth-order valence-corrected chi connectivity index (χ4v) is 3.09. The molecule has 0 N–H and O–H groups in total. The lowest BCUT2D eigenvalue weighted by atomic mass is 9.82. The lowest BCUT2D eigenvalue weighted by Gasteiger charge is -2.32. The van der Waals surface area contributed by atoms with Crippen LogP contribution in [0.3, 0.4) is 0 Å². The van der Waals surface area contributed by atoms with Crippen molar-refractivity contribution in [3.8, 4) is 0 Å². The molecular formula is C18H24F2O2. The summed E-state index contributed by atoms with van der Waals surface area (Å²) in [5, 5.41) is 0. The highest BCUT2D eigenvalue weighted by Crippen LogP contribution is 2.41. The molecule has 1 saturated carbocycles. The van der Waals surface area contributed by atoms with Gasteiger partial charge in [-0.3, -0.25) is 4.79 Å². The first-order chi connectivity index (χ1) is 10.2. The lowest BCUT2D eigenvalue weighted by molar-refractivity contribution is -0.254. The zero-order valence-electron chi connectivity index (χ0n) is 13.4. The Morgan fingerprint density at radius 1 is 1.18 bits per heavy atom. The maximum absolute atomic E-state index is 14.4. The van der Waals surface area contributed by atoms with Crippen LogP contribution in [-0.2, 0) is 9.53 Å². The molecule has 0 aromatic rings. The highest BCUT2D eigenvalue weighted by Gasteiger charge is 2.43. The van der Waals surface area contributed by atoms with Crippen molar-refractivity contribution in [2.75, 3.05) is 0 Å². The Hall–Kier alpha value is -1.45. The highest BCUT2D eigenvalue weighted by molar-refractivity contribution is 5.78. The first kappa shape index (κ1) is 16.9. The van der Waals surface area contributed by atoms with Crippen molar-refractivity contribution in [2.24, 2.45) is 17.3 Å². The van der Waals surface area contributed by atoms with E-state index in [0.29, 0.717) is 24.3 Å². The molecule has 0 aliphatic heterocycles. The van der Waals surface area contributed by atoms with E-state index in [2.05, 4.69) is 6.92 Å². The summed E-state index contributed by atoms with van der Waals surface area (Å²) in [6.45, 7) is 5.81. The third-order valence-electron chi connectivity index (χ3n) is 4.37. The SMILES string of the molecule is CC1CCC(C(F)(F)OC2=CC(C)(C)C=C(C=O)C=C2)CC1. The molecule has 0 saturated heterocycles. The Balaban J connectivity index is 2.12. The van der Waals surface area contributed by atoms with Crippen molar-refractivity contribution < 1.29 is 18.3 Å². The van der Waals surface area contributed by atoms with Gasteiger partial charge in [-0.2, -0.15) is 8.78 Å². The van der Waals surface area contributed by atoms with Gasteiger partial charge in [-0.05, 0) is 37.0 Å². The van der Waals surface area contributed by atoms with Crippen molar-refractivity contribution in [1.82, 2.24) is 0 Å². The van der Waals surface area contributed by atoms with Crippen LogP contribution in [0.25, 0.3) is 0 Å². The van der Waals surface area contributed by atoms with Crippen molar-refractivity contribution >= 4 is 6.29 Å². The van der Waals surface area contributed by atoms with E-state index >= 15 is 0 Å². The molecule has 0 radical (unpaired) electrons. The van der Waals surface area contributed by atoms with Crippen LogP contribution in [-0.4, -0.2) is 12.4 Å². The van der Waals surface area contributed by atoms with E-state index < -0.39 is 17.4 Å². The van der Waals surface area contributed by atoms with E-state index in [1.54, 1.807) is 12.2 Å². The van der Waals surface area contributed by atoms with Crippen LogP contribution in [0.4, 0.5) is 8.78 Å². The molecule has 0 amide bonds. The Morgan fingerprint density at radius 2 is 1.82 bits per heavy atom. The molecule has 2 aliphatic rings. The van der Waals surface area contributed by atoms with Crippen LogP contribution in [0, 0.1) is 17.3 Å². The van der Waals surface area contributed by atoms with E-state index in [-0.39, 0.29) is 5.76 Å². The van der Waals surface area contributed by atoms with Crippen LogP contribution in [0.1, 0.15) is 46.5 Å². The van der Waals surface area contributed by atoms with Gasteiger partial charge in [0.2, 0.25) is 0 Å². The van der Waals surface area contributed by atoms with Crippen molar-refractivity contribution in [1.29, 1.82) is 0 Å². The van der Waals surface area contributed by atoms with Crippen molar-refractivity contribution in [3.63, 3.8) is 0 Å². The fourth-order valence-electron chi connectivity index (χ4n) is 3.09. The predicted molar refractivity (Wildman–Crippen MR) is 82.3 cm³/mol. The van der Waals surface area contributed by atoms with E-state index in [0.717, 1.165) is 19.1 Å². The van der Waals surface area contributed by atoms with Crippen LogP contribution in [0.5, 0.6) is 0 Å². The van der Waals surface area contributed by atoms with Gasteiger partial charge in [0.05, 0.1) is 5.92 Å². The average molecular weight is 310 g/mol. The Labute approximate surface area is 130 Å². The average Bonchev–Trinajstić information content (AvgIpc) is 2.56. The second-order valence-electron chi connectivity index (χ2n) is 7.08. The van der Waals surface area contributed by atoms with Gasteiger partial charge >= 0.3 is 6.11 Å². The normalized spacial score (nSPS) is 28.4. The molecule has 0 aromatic heterocycles. The number of carbonyl (C=O) groups is 1. The molecule has 0 spiro atoms. The maximum Gasteiger partial charge on any atom is 0.400 e. The van der Waals surface area contributed by atoms with Crippen LogP contribution in [0.15, 0.2) is 35.6 Å². The fraction of sp³-hybridized carbons (Fsp3) is 0.611. The Kier molecular flexibility index (Phi) is 4.88. The second kappa shape index (κ2) is 6.35. The number of rotatable bonds is 4. The Morgan fingerprint density at radius 3 is 2.41 bits per heavy atom. The monoisotopic (exact) mass is 310 g/mol. The summed E-state index contributed by atoms with van der Waals surface area (Å²) < 4.78 is 33.9. The number of hydrogen-bond donors (Lipinski definition) is 0. The van der Waals surface area contributed by atoms with Gasteiger partial charge in [0.1, 0.15) is 12.0 Å². The molecule has 0 atom stereocenters. The smallest absolute Gasteiger partial charge is 0.400 e. The minimum absolute atomic E-state index is 0.127. The van der Waals surface area contributed by atoms with Gasteiger partial charge in [0.15, 0.2) is 0 Å². The molecule has 2 aliphatic carbocycles. The van der Waals surface area contributed by atoms with Gasteiger partial charge in [-0.15, -0.1) is 0 Å². The van der Waals surface area contributed by atoms with Crippen LogP contribution < -0.4 is 0 Å². The summed E-state index contributed by atoms with van der Waals surface area (Å²) in [4.78, 5) is 10.9. The number of allylic oxidation sites excluding steroid dienone is 5. The van der Waals surface area contributed by atoms with Gasteiger partial charge in [-0.25, -0.2) is 0 Å². The molecule has 0 aromatic carbocycles. The Bertz CT molecular complexity index is 507. The maximum atomic E-state index is 14.4. The van der Waals surface area contributed by atoms with E-state index in [1.807, 2.05) is 13.8 Å². The van der Waals surface area contributed by atoms with Crippen molar-refractivity contribution in [2.45, 2.75) is 52.6 Å². The van der Waals surface area contributed by atoms with E-state index in [4.69, 9.17) is 4.74 Å². The summed E-state index contributed by atoms with van der Waals surface area (Å²) in [7, 11) is 0. The number of aldehydes is 1. The summed E-state index contributed by atoms with van der Waals surface area (Å²) in [6, 6.07) is 0. The number of alkyl halides is 2. The van der Waals surface area contributed by atoms with E-state index in [9.17, 15) is 13.6 Å². The molecule has 0 heterocycles. The molecule has 4 heteroatoms. The summed E-state index contributed by atoms with van der Waals surface area (Å²) in [5.74, 6) is -0.0908. The first-order valence-electron chi connectivity index (χ1n) is 7.87. The largest absolute Gasteiger partial charge is 0.433 e. The lowest BCUT2D eigenvalue weighted by Crippen LogP contribution is -2.34. The summed E-state index contributed by atoms with van der Waals surface area (Å²) in [5.41, 5.74) is -0.0404. The van der Waals surface area contributed by atoms with Gasteiger partial charge in [0, 0.05) is 11.0 Å². The molecule has 122 valence electrons. The number of halogens is 2. The topological polar surface area (TPSA) is 26.3 Å². The quantitative estimate of drug-likeness (QED) is 0.681. The van der Waals surface area contributed by atoms with Crippen molar-refractivity contribution in [3.05, 3.63) is 35.6 Å². The molecule has 1 fully saturated rings. The number of hydrogen-bond acceptors (Lipinski definition) is 2. The van der Waals surface area contributed by atoms with E-state index in [1.165, 1.54) is 12.2 Å². The third-order valence-corrected chi connectivity index (χ3v) is 4.37.